The number of rotatable bonds is 5. The van der Waals surface area contributed by atoms with Crippen molar-refractivity contribution in [1.82, 2.24) is 19.7 Å². The van der Waals surface area contributed by atoms with Crippen LogP contribution in [0.3, 0.4) is 0 Å². The number of amides is 1. The Balaban J connectivity index is 1.59. The number of anilines is 2. The van der Waals surface area contributed by atoms with E-state index in [2.05, 4.69) is 25.7 Å². The lowest BCUT2D eigenvalue weighted by atomic mass is 9.96. The van der Waals surface area contributed by atoms with Crippen LogP contribution in [0.25, 0.3) is 11.6 Å². The van der Waals surface area contributed by atoms with Crippen molar-refractivity contribution in [3.63, 3.8) is 0 Å². The molecule has 0 fully saturated rings. The quantitative estimate of drug-likeness (QED) is 0.497. The summed E-state index contributed by atoms with van der Waals surface area (Å²) in [7, 11) is 1.56. The molecule has 160 valence electrons. The highest BCUT2D eigenvalue weighted by atomic mass is 16.5. The van der Waals surface area contributed by atoms with Gasteiger partial charge in [0.05, 0.1) is 24.6 Å². The van der Waals surface area contributed by atoms with Crippen LogP contribution < -0.4 is 15.4 Å². The predicted molar refractivity (Wildman–Crippen MR) is 118 cm³/mol. The number of hydrogen-bond donors (Lipinski definition) is 2. The zero-order valence-corrected chi connectivity index (χ0v) is 17.4. The van der Waals surface area contributed by atoms with E-state index in [9.17, 15) is 4.79 Å². The summed E-state index contributed by atoms with van der Waals surface area (Å²) in [4.78, 5) is 22.3. The summed E-state index contributed by atoms with van der Waals surface area (Å²) in [6.45, 7) is 1.84. The third kappa shape index (κ3) is 3.39. The average molecular weight is 428 g/mol. The van der Waals surface area contributed by atoms with Gasteiger partial charge in [-0.05, 0) is 42.8 Å². The van der Waals surface area contributed by atoms with Crippen LogP contribution in [0.2, 0.25) is 0 Å². The van der Waals surface area contributed by atoms with Crippen molar-refractivity contribution in [3.8, 4) is 17.3 Å². The third-order valence-corrected chi connectivity index (χ3v) is 5.19. The number of benzene rings is 1. The standard InChI is InChI=1S/C23H20N6O3/c1-14-19(22(30)26-16-8-3-4-9-17(16)31-2)20(15-7-5-11-24-13-15)29-23(25-14)27-21(28-29)18-10-6-12-32-18/h3-13,20H,1-2H3,(H,26,30)(H,25,27,28). The molecule has 1 unspecified atom stereocenters. The molecule has 1 aliphatic rings. The first-order valence-electron chi connectivity index (χ1n) is 9.98. The highest BCUT2D eigenvalue weighted by Gasteiger charge is 2.35. The Morgan fingerprint density at radius 3 is 2.81 bits per heavy atom. The number of carbonyl (C=O) groups excluding carboxylic acids is 1. The van der Waals surface area contributed by atoms with Crippen molar-refractivity contribution in [2.45, 2.75) is 13.0 Å². The average Bonchev–Trinajstić information content (AvgIpc) is 3.49. The van der Waals surface area contributed by atoms with Crippen molar-refractivity contribution in [2.75, 3.05) is 17.7 Å². The summed E-state index contributed by atoms with van der Waals surface area (Å²) in [5, 5.41) is 10.8. The smallest absolute Gasteiger partial charge is 0.255 e. The second-order valence-corrected chi connectivity index (χ2v) is 7.19. The number of methoxy groups -OCH3 is 1. The fraction of sp³-hybridized carbons (Fsp3) is 0.130. The lowest BCUT2D eigenvalue weighted by Gasteiger charge is -2.28. The topological polar surface area (TPSA) is 107 Å². The van der Waals surface area contributed by atoms with Crippen LogP contribution >= 0.6 is 0 Å². The summed E-state index contributed by atoms with van der Waals surface area (Å²) in [5.41, 5.74) is 2.53. The monoisotopic (exact) mass is 428 g/mol. The molecule has 4 aromatic rings. The zero-order chi connectivity index (χ0) is 22.1. The number of hydrogen-bond acceptors (Lipinski definition) is 7. The second-order valence-electron chi connectivity index (χ2n) is 7.19. The van der Waals surface area contributed by atoms with Gasteiger partial charge in [-0.15, -0.1) is 5.10 Å². The lowest BCUT2D eigenvalue weighted by Crippen LogP contribution is -2.31. The SMILES string of the molecule is COc1ccccc1NC(=O)C1=C(C)Nc2nc(-c3ccco3)nn2C1c1cccnc1. The van der Waals surface area contributed by atoms with Gasteiger partial charge in [-0.3, -0.25) is 9.78 Å². The molecule has 0 saturated carbocycles. The van der Waals surface area contributed by atoms with Crippen LogP contribution in [0.4, 0.5) is 11.6 Å². The minimum Gasteiger partial charge on any atom is -0.495 e. The number of furan rings is 1. The molecule has 2 N–H and O–H groups in total. The van der Waals surface area contributed by atoms with E-state index in [4.69, 9.17) is 9.15 Å². The molecule has 0 bridgehead atoms. The Morgan fingerprint density at radius 1 is 1.19 bits per heavy atom. The number of aromatic nitrogens is 4. The van der Waals surface area contributed by atoms with Crippen LogP contribution in [-0.4, -0.2) is 32.8 Å². The summed E-state index contributed by atoms with van der Waals surface area (Å²) in [6.07, 6.45) is 4.97. The fourth-order valence-electron chi connectivity index (χ4n) is 3.74. The van der Waals surface area contributed by atoms with Crippen LogP contribution in [-0.2, 0) is 4.79 Å². The highest BCUT2D eigenvalue weighted by molar-refractivity contribution is 6.06. The number of carbonyl (C=O) groups is 1. The molecular weight excluding hydrogens is 408 g/mol. The van der Waals surface area contributed by atoms with Crippen molar-refractivity contribution in [2.24, 2.45) is 0 Å². The van der Waals surface area contributed by atoms with Gasteiger partial charge in [0.15, 0.2) is 5.76 Å². The van der Waals surface area contributed by atoms with Crippen LogP contribution in [0.5, 0.6) is 5.75 Å². The maximum Gasteiger partial charge on any atom is 0.255 e. The first-order chi connectivity index (χ1) is 15.7. The van der Waals surface area contributed by atoms with Gasteiger partial charge in [-0.2, -0.15) is 4.98 Å². The van der Waals surface area contributed by atoms with E-state index < -0.39 is 6.04 Å². The van der Waals surface area contributed by atoms with E-state index in [0.717, 1.165) is 5.56 Å². The van der Waals surface area contributed by atoms with Crippen LogP contribution in [0, 0.1) is 0 Å². The Labute approximate surface area is 183 Å². The maximum atomic E-state index is 13.5. The number of para-hydroxylation sites is 2. The van der Waals surface area contributed by atoms with Crippen molar-refractivity contribution < 1.29 is 13.9 Å². The molecule has 1 aliphatic heterocycles. The van der Waals surface area contributed by atoms with E-state index in [0.29, 0.717) is 40.2 Å². The molecule has 1 aromatic carbocycles. The molecule has 9 nitrogen and oxygen atoms in total. The number of ether oxygens (including phenoxy) is 1. The van der Waals surface area contributed by atoms with Gasteiger partial charge in [0.1, 0.15) is 11.8 Å². The molecule has 0 radical (unpaired) electrons. The largest absolute Gasteiger partial charge is 0.495 e. The number of allylic oxidation sites excluding steroid dienone is 1. The van der Waals surface area contributed by atoms with Gasteiger partial charge in [0.25, 0.3) is 5.91 Å². The first-order valence-corrected chi connectivity index (χ1v) is 9.98. The Hall–Kier alpha value is -4.40. The number of fused-ring (bicyclic) bond motifs is 1. The summed E-state index contributed by atoms with van der Waals surface area (Å²) >= 11 is 0. The molecule has 5 rings (SSSR count). The van der Waals surface area contributed by atoms with E-state index in [-0.39, 0.29) is 5.91 Å². The van der Waals surface area contributed by atoms with E-state index >= 15 is 0 Å². The molecular formula is C23H20N6O3. The molecule has 3 aromatic heterocycles. The van der Waals surface area contributed by atoms with Crippen molar-refractivity contribution in [3.05, 3.63) is 84.0 Å². The number of nitrogens with zero attached hydrogens (tertiary/aromatic N) is 4. The van der Waals surface area contributed by atoms with Gasteiger partial charge >= 0.3 is 0 Å². The maximum absolute atomic E-state index is 13.5. The van der Waals surface area contributed by atoms with Gasteiger partial charge in [-0.25, -0.2) is 4.68 Å². The predicted octanol–water partition coefficient (Wildman–Crippen LogP) is 3.87. The third-order valence-electron chi connectivity index (χ3n) is 5.19. The van der Waals surface area contributed by atoms with Crippen LogP contribution in [0.15, 0.2) is 82.9 Å². The molecule has 1 atom stereocenters. The fourth-order valence-corrected chi connectivity index (χ4v) is 3.74. The Morgan fingerprint density at radius 2 is 2.06 bits per heavy atom. The summed E-state index contributed by atoms with van der Waals surface area (Å²) in [6, 6.07) is 14.0. The summed E-state index contributed by atoms with van der Waals surface area (Å²) in [5.74, 6) is 1.76. The van der Waals surface area contributed by atoms with Crippen molar-refractivity contribution in [1.29, 1.82) is 0 Å². The van der Waals surface area contributed by atoms with Gasteiger partial charge in [0, 0.05) is 18.1 Å². The molecule has 4 heterocycles. The molecule has 0 aliphatic carbocycles. The molecule has 32 heavy (non-hydrogen) atoms. The van der Waals surface area contributed by atoms with E-state index in [1.165, 1.54) is 0 Å². The van der Waals surface area contributed by atoms with E-state index in [1.54, 1.807) is 54.7 Å². The first kappa shape index (κ1) is 19.6. The second kappa shape index (κ2) is 8.03. The van der Waals surface area contributed by atoms with Crippen LogP contribution in [0.1, 0.15) is 18.5 Å². The van der Waals surface area contributed by atoms with E-state index in [1.807, 2.05) is 31.2 Å². The van der Waals surface area contributed by atoms with Crippen molar-refractivity contribution >= 4 is 17.5 Å². The molecule has 0 spiro atoms. The molecule has 9 heteroatoms. The number of pyridine rings is 1. The minimum absolute atomic E-state index is 0.283. The molecule has 1 amide bonds. The number of nitrogens with one attached hydrogen (secondary N) is 2. The van der Waals surface area contributed by atoms with Gasteiger partial charge in [-0.1, -0.05) is 18.2 Å². The highest BCUT2D eigenvalue weighted by Crippen LogP contribution is 2.37. The van der Waals surface area contributed by atoms with Gasteiger partial charge in [0.2, 0.25) is 11.8 Å². The Kier molecular flexibility index (Phi) is 4.91. The summed E-state index contributed by atoms with van der Waals surface area (Å²) < 4.78 is 12.5. The lowest BCUT2D eigenvalue weighted by molar-refractivity contribution is -0.113. The van der Waals surface area contributed by atoms with Gasteiger partial charge < -0.3 is 19.8 Å². The molecule has 0 saturated heterocycles. The normalized spacial score (nSPS) is 15.1. The minimum atomic E-state index is -0.536. The Bertz CT molecular complexity index is 1290. The zero-order valence-electron chi connectivity index (χ0n) is 17.4.